The Morgan fingerprint density at radius 2 is 1.88 bits per heavy atom. The SMILES string of the molecule is CCCCN(CC)Cc1nc(-c2ccc(OC)cc2)oc1COc1ccc(C(N)=NO)c(C)c1. The van der Waals surface area contributed by atoms with E-state index in [2.05, 4.69) is 23.9 Å². The lowest BCUT2D eigenvalue weighted by Gasteiger charge is -2.19. The van der Waals surface area contributed by atoms with Gasteiger partial charge in [-0.25, -0.2) is 4.98 Å². The molecule has 2 aromatic carbocycles. The standard InChI is InChI=1S/C26H34N4O4/c1-5-7-14-30(6-2)16-23-24(34-26(28-23)19-8-10-20(32-4)11-9-19)17-33-21-12-13-22(18(3)15-21)25(27)29-31/h8-13,15,31H,5-7,14,16-17H2,1-4H3,(H2,27,29). The van der Waals surface area contributed by atoms with Crippen LogP contribution in [-0.2, 0) is 13.2 Å². The second-order valence-corrected chi connectivity index (χ2v) is 8.09. The van der Waals surface area contributed by atoms with E-state index in [0.717, 1.165) is 48.5 Å². The Labute approximate surface area is 201 Å². The van der Waals surface area contributed by atoms with Crippen LogP contribution in [0.2, 0.25) is 0 Å². The first kappa shape index (κ1) is 25.1. The van der Waals surface area contributed by atoms with Gasteiger partial charge in [-0.3, -0.25) is 4.90 Å². The van der Waals surface area contributed by atoms with Crippen LogP contribution in [0, 0.1) is 6.92 Å². The highest BCUT2D eigenvalue weighted by molar-refractivity contribution is 5.98. The Hall–Kier alpha value is -3.52. The number of benzene rings is 2. The van der Waals surface area contributed by atoms with Crippen LogP contribution in [0.25, 0.3) is 11.5 Å². The largest absolute Gasteiger partial charge is 0.497 e. The van der Waals surface area contributed by atoms with E-state index in [-0.39, 0.29) is 12.4 Å². The van der Waals surface area contributed by atoms with E-state index >= 15 is 0 Å². The zero-order valence-electron chi connectivity index (χ0n) is 20.4. The smallest absolute Gasteiger partial charge is 0.226 e. The average Bonchev–Trinajstić information content (AvgIpc) is 3.27. The number of rotatable bonds is 12. The van der Waals surface area contributed by atoms with Gasteiger partial charge in [0.2, 0.25) is 5.89 Å². The van der Waals surface area contributed by atoms with Crippen molar-refractivity contribution in [3.63, 3.8) is 0 Å². The number of amidine groups is 1. The molecule has 3 rings (SSSR count). The molecule has 0 aliphatic heterocycles. The fourth-order valence-electron chi connectivity index (χ4n) is 3.64. The first-order chi connectivity index (χ1) is 16.5. The van der Waals surface area contributed by atoms with Crippen molar-refractivity contribution in [2.24, 2.45) is 10.9 Å². The summed E-state index contributed by atoms with van der Waals surface area (Å²) >= 11 is 0. The van der Waals surface area contributed by atoms with E-state index in [9.17, 15) is 0 Å². The molecule has 8 heteroatoms. The zero-order chi connectivity index (χ0) is 24.5. The minimum Gasteiger partial charge on any atom is -0.497 e. The number of hydrogen-bond acceptors (Lipinski definition) is 7. The van der Waals surface area contributed by atoms with Gasteiger partial charge in [0.25, 0.3) is 0 Å². The molecule has 0 bridgehead atoms. The number of unbranched alkanes of at least 4 members (excludes halogenated alkanes) is 1. The number of oxazole rings is 1. The molecule has 0 atom stereocenters. The molecule has 0 saturated carbocycles. The minimum absolute atomic E-state index is 0.0671. The Balaban J connectivity index is 1.84. The number of nitrogens with two attached hydrogens (primary N) is 1. The maximum absolute atomic E-state index is 8.94. The summed E-state index contributed by atoms with van der Waals surface area (Å²) in [6, 6.07) is 13.1. The summed E-state index contributed by atoms with van der Waals surface area (Å²) in [6.45, 7) is 9.10. The summed E-state index contributed by atoms with van der Waals surface area (Å²) in [5.41, 5.74) is 8.98. The maximum atomic E-state index is 8.94. The van der Waals surface area contributed by atoms with Gasteiger partial charge in [-0.2, -0.15) is 0 Å². The van der Waals surface area contributed by atoms with Crippen molar-refractivity contribution in [2.75, 3.05) is 20.2 Å². The summed E-state index contributed by atoms with van der Waals surface area (Å²) in [5, 5.41) is 12.0. The molecular weight excluding hydrogens is 432 g/mol. The highest BCUT2D eigenvalue weighted by Gasteiger charge is 2.18. The monoisotopic (exact) mass is 466 g/mol. The molecular formula is C26H34N4O4. The number of aromatic nitrogens is 1. The van der Waals surface area contributed by atoms with Gasteiger partial charge in [0, 0.05) is 17.7 Å². The third-order valence-electron chi connectivity index (χ3n) is 5.72. The summed E-state index contributed by atoms with van der Waals surface area (Å²) in [6.07, 6.45) is 2.28. The molecule has 0 fully saturated rings. The van der Waals surface area contributed by atoms with Crippen LogP contribution in [0.3, 0.4) is 0 Å². The van der Waals surface area contributed by atoms with Crippen LogP contribution in [0.1, 0.15) is 49.3 Å². The number of aryl methyl sites for hydroxylation is 1. The van der Waals surface area contributed by atoms with Crippen LogP contribution in [0.4, 0.5) is 0 Å². The van der Waals surface area contributed by atoms with Gasteiger partial charge in [-0.1, -0.05) is 25.4 Å². The quantitative estimate of drug-likeness (QED) is 0.168. The van der Waals surface area contributed by atoms with Crippen molar-refractivity contribution in [1.29, 1.82) is 0 Å². The predicted octanol–water partition coefficient (Wildman–Crippen LogP) is 4.95. The first-order valence-corrected chi connectivity index (χ1v) is 11.6. The summed E-state index contributed by atoms with van der Waals surface area (Å²) in [5.74, 6) is 2.76. The Kier molecular flexibility index (Phi) is 8.93. The van der Waals surface area contributed by atoms with Crippen molar-refractivity contribution in [3.05, 3.63) is 65.0 Å². The topological polar surface area (TPSA) is 106 Å². The number of methoxy groups -OCH3 is 1. The van der Waals surface area contributed by atoms with Crippen molar-refractivity contribution >= 4 is 5.84 Å². The number of nitrogens with zero attached hydrogens (tertiary/aromatic N) is 3. The minimum atomic E-state index is 0.0671. The van der Waals surface area contributed by atoms with Crippen LogP contribution < -0.4 is 15.2 Å². The molecule has 182 valence electrons. The summed E-state index contributed by atoms with van der Waals surface area (Å²) in [7, 11) is 1.64. The molecule has 0 spiro atoms. The highest BCUT2D eigenvalue weighted by atomic mass is 16.5. The van der Waals surface area contributed by atoms with E-state index in [1.54, 1.807) is 19.2 Å². The number of oxime groups is 1. The van der Waals surface area contributed by atoms with Crippen LogP contribution in [-0.4, -0.2) is 41.1 Å². The van der Waals surface area contributed by atoms with E-state index in [1.807, 2.05) is 37.3 Å². The van der Waals surface area contributed by atoms with Crippen LogP contribution in [0.15, 0.2) is 52.0 Å². The maximum Gasteiger partial charge on any atom is 0.226 e. The average molecular weight is 467 g/mol. The van der Waals surface area contributed by atoms with Crippen molar-refractivity contribution in [1.82, 2.24) is 9.88 Å². The molecule has 0 radical (unpaired) electrons. The van der Waals surface area contributed by atoms with Gasteiger partial charge in [0.15, 0.2) is 11.6 Å². The Bertz CT molecular complexity index is 1090. The molecule has 3 N–H and O–H groups in total. The molecule has 0 aliphatic carbocycles. The molecule has 0 saturated heterocycles. The van der Waals surface area contributed by atoms with Crippen molar-refractivity contribution in [2.45, 2.75) is 46.8 Å². The molecule has 1 heterocycles. The van der Waals surface area contributed by atoms with Gasteiger partial charge >= 0.3 is 0 Å². The molecule has 0 amide bonds. The van der Waals surface area contributed by atoms with Crippen LogP contribution >= 0.6 is 0 Å². The number of ether oxygens (including phenoxy) is 2. The fraction of sp³-hybridized carbons (Fsp3) is 0.385. The summed E-state index contributed by atoms with van der Waals surface area (Å²) in [4.78, 5) is 7.18. The number of hydrogen-bond donors (Lipinski definition) is 2. The van der Waals surface area contributed by atoms with Crippen LogP contribution in [0.5, 0.6) is 11.5 Å². The second-order valence-electron chi connectivity index (χ2n) is 8.09. The molecule has 3 aromatic rings. The van der Waals surface area contributed by atoms with E-state index in [0.29, 0.717) is 29.5 Å². The third kappa shape index (κ3) is 6.29. The lowest BCUT2D eigenvalue weighted by Crippen LogP contribution is -2.24. The first-order valence-electron chi connectivity index (χ1n) is 11.6. The molecule has 34 heavy (non-hydrogen) atoms. The highest BCUT2D eigenvalue weighted by Crippen LogP contribution is 2.27. The van der Waals surface area contributed by atoms with Gasteiger partial charge in [-0.05, 0) is 74.5 Å². The molecule has 0 aliphatic rings. The van der Waals surface area contributed by atoms with Gasteiger partial charge < -0.3 is 24.8 Å². The van der Waals surface area contributed by atoms with E-state index in [4.69, 9.17) is 29.8 Å². The fourth-order valence-corrected chi connectivity index (χ4v) is 3.64. The molecule has 1 aromatic heterocycles. The molecule has 8 nitrogen and oxygen atoms in total. The summed E-state index contributed by atoms with van der Waals surface area (Å²) < 4.78 is 17.5. The lowest BCUT2D eigenvalue weighted by molar-refractivity contribution is 0.251. The van der Waals surface area contributed by atoms with Gasteiger partial charge in [0.05, 0.1) is 7.11 Å². The van der Waals surface area contributed by atoms with Crippen molar-refractivity contribution in [3.8, 4) is 23.0 Å². The third-order valence-corrected chi connectivity index (χ3v) is 5.72. The second kappa shape index (κ2) is 12.1. The zero-order valence-corrected chi connectivity index (χ0v) is 20.4. The predicted molar refractivity (Wildman–Crippen MR) is 132 cm³/mol. The normalized spacial score (nSPS) is 11.7. The van der Waals surface area contributed by atoms with E-state index < -0.39 is 0 Å². The lowest BCUT2D eigenvalue weighted by atomic mass is 10.1. The Morgan fingerprint density at radius 1 is 1.15 bits per heavy atom. The van der Waals surface area contributed by atoms with E-state index in [1.165, 1.54) is 0 Å². The van der Waals surface area contributed by atoms with Gasteiger partial charge in [-0.15, -0.1) is 0 Å². The Morgan fingerprint density at radius 3 is 2.50 bits per heavy atom. The van der Waals surface area contributed by atoms with Gasteiger partial charge in [0.1, 0.15) is 23.8 Å². The molecule has 0 unspecified atom stereocenters. The van der Waals surface area contributed by atoms with Crippen molar-refractivity contribution < 1.29 is 19.1 Å².